The number of amides is 3. The van der Waals surface area contributed by atoms with E-state index in [4.69, 9.17) is 9.47 Å². The smallest absolute Gasteiger partial charge is 0.321 e. The van der Waals surface area contributed by atoms with Crippen LogP contribution in [-0.2, 0) is 4.79 Å². The van der Waals surface area contributed by atoms with Gasteiger partial charge in [-0.3, -0.25) is 4.79 Å². The van der Waals surface area contributed by atoms with Crippen LogP contribution in [0, 0.1) is 0 Å². The number of carbonyl (C=O) groups excluding carboxylic acids is 2. The predicted octanol–water partition coefficient (Wildman–Crippen LogP) is 3.38. The third kappa shape index (κ3) is 3.62. The summed E-state index contributed by atoms with van der Waals surface area (Å²) in [6.07, 6.45) is -1.10. The average molecular weight is 428 g/mol. The zero-order valence-corrected chi connectivity index (χ0v) is 17.2. The molecule has 2 heterocycles. The van der Waals surface area contributed by atoms with E-state index in [1.165, 1.54) is 4.90 Å². The van der Waals surface area contributed by atoms with E-state index in [2.05, 4.69) is 15.6 Å². The molecule has 3 aromatic carbocycles. The summed E-state index contributed by atoms with van der Waals surface area (Å²) in [6.45, 7) is 0.144. The molecule has 0 radical (unpaired) electrons. The van der Waals surface area contributed by atoms with Crippen LogP contribution in [0.15, 0.2) is 77.8 Å². The Bertz CT molecular complexity index is 1230. The highest BCUT2D eigenvalue weighted by Crippen LogP contribution is 2.34. The summed E-state index contributed by atoms with van der Waals surface area (Å²) in [5.41, 5.74) is 3.53. The lowest BCUT2D eigenvalue weighted by Gasteiger charge is -2.21. The second-order valence-corrected chi connectivity index (χ2v) is 7.33. The number of nitrogens with one attached hydrogen (secondary N) is 2. The molecule has 3 aromatic rings. The Kier molecular flexibility index (Phi) is 4.95. The molecular formula is C24H20N4O4. The second kappa shape index (κ2) is 8.07. The fourth-order valence-electron chi connectivity index (χ4n) is 3.71. The van der Waals surface area contributed by atoms with Crippen molar-refractivity contribution in [3.05, 3.63) is 83.9 Å². The van der Waals surface area contributed by atoms with Crippen molar-refractivity contribution >= 4 is 29.0 Å². The van der Waals surface area contributed by atoms with Crippen LogP contribution in [-0.4, -0.2) is 37.7 Å². The summed E-state index contributed by atoms with van der Waals surface area (Å²) >= 11 is 0. The molecule has 8 heteroatoms. The van der Waals surface area contributed by atoms with E-state index >= 15 is 0 Å². The molecule has 0 bridgehead atoms. The fraction of sp³-hybridized carbons (Fsp3) is 0.125. The van der Waals surface area contributed by atoms with Gasteiger partial charge in [0.2, 0.25) is 13.0 Å². The average Bonchev–Trinajstić information content (AvgIpc) is 3.26. The van der Waals surface area contributed by atoms with E-state index in [1.54, 1.807) is 25.2 Å². The van der Waals surface area contributed by atoms with Crippen molar-refractivity contribution in [2.24, 2.45) is 4.99 Å². The number of hydrogen-bond acceptors (Lipinski definition) is 5. The molecule has 0 fully saturated rings. The summed E-state index contributed by atoms with van der Waals surface area (Å²) in [5.74, 6) is 0.823. The van der Waals surface area contributed by atoms with Gasteiger partial charge in [0.25, 0.3) is 5.91 Å². The standard InChI is InChI=1S/C24H20N4O4/c1-28-18-10-6-5-9-17(18)21(15-7-3-2-4-8-15)26-22(23(28)29)27-24(30)25-16-11-12-19-20(13-16)32-14-31-19/h2-13,22H,14H2,1H3,(H2,25,27,30)/t22-/m0/s1. The molecule has 32 heavy (non-hydrogen) atoms. The molecule has 0 aromatic heterocycles. The van der Waals surface area contributed by atoms with Gasteiger partial charge in [-0.1, -0.05) is 48.5 Å². The summed E-state index contributed by atoms with van der Waals surface area (Å²) in [7, 11) is 1.68. The first-order valence-corrected chi connectivity index (χ1v) is 10.1. The molecule has 2 N–H and O–H groups in total. The predicted molar refractivity (Wildman–Crippen MR) is 120 cm³/mol. The van der Waals surface area contributed by atoms with Gasteiger partial charge in [0.1, 0.15) is 0 Å². The highest BCUT2D eigenvalue weighted by molar-refractivity contribution is 6.20. The molecule has 8 nitrogen and oxygen atoms in total. The van der Waals surface area contributed by atoms with Crippen LogP contribution < -0.4 is 25.0 Å². The molecule has 0 saturated carbocycles. The van der Waals surface area contributed by atoms with Gasteiger partial charge in [-0.05, 0) is 18.2 Å². The second-order valence-electron chi connectivity index (χ2n) is 7.33. The summed E-state index contributed by atoms with van der Waals surface area (Å²) in [6, 6.07) is 21.6. The fourth-order valence-corrected chi connectivity index (χ4v) is 3.71. The first-order valence-electron chi connectivity index (χ1n) is 10.1. The molecule has 160 valence electrons. The van der Waals surface area contributed by atoms with Crippen LogP contribution in [0.5, 0.6) is 11.5 Å². The molecule has 0 unspecified atom stereocenters. The Morgan fingerprint density at radius 2 is 1.75 bits per heavy atom. The molecule has 1 atom stereocenters. The number of likely N-dealkylation sites (N-methyl/N-ethyl adjacent to an activating group) is 1. The van der Waals surface area contributed by atoms with Crippen molar-refractivity contribution in [2.75, 3.05) is 24.1 Å². The van der Waals surface area contributed by atoms with E-state index < -0.39 is 12.2 Å². The number of para-hydroxylation sites is 1. The lowest BCUT2D eigenvalue weighted by atomic mass is 10.0. The monoisotopic (exact) mass is 428 g/mol. The van der Waals surface area contributed by atoms with Crippen LogP contribution in [0.3, 0.4) is 0 Å². The molecule has 5 rings (SSSR count). The molecule has 2 aliphatic heterocycles. The zero-order chi connectivity index (χ0) is 22.1. The Morgan fingerprint density at radius 3 is 2.59 bits per heavy atom. The van der Waals surface area contributed by atoms with Gasteiger partial charge in [-0.2, -0.15) is 0 Å². The largest absolute Gasteiger partial charge is 0.454 e. The van der Waals surface area contributed by atoms with Crippen molar-refractivity contribution in [2.45, 2.75) is 6.17 Å². The van der Waals surface area contributed by atoms with Gasteiger partial charge in [0.05, 0.1) is 11.4 Å². The van der Waals surface area contributed by atoms with Gasteiger partial charge in [-0.25, -0.2) is 9.79 Å². The number of anilines is 2. The van der Waals surface area contributed by atoms with E-state index in [9.17, 15) is 9.59 Å². The maximum Gasteiger partial charge on any atom is 0.321 e. The van der Waals surface area contributed by atoms with E-state index in [-0.39, 0.29) is 12.7 Å². The molecule has 2 aliphatic rings. The van der Waals surface area contributed by atoms with Gasteiger partial charge in [-0.15, -0.1) is 0 Å². The Labute approximate surface area is 184 Å². The quantitative estimate of drug-likeness (QED) is 0.669. The highest BCUT2D eigenvalue weighted by Gasteiger charge is 2.31. The van der Waals surface area contributed by atoms with Crippen LogP contribution in [0.1, 0.15) is 11.1 Å². The third-order valence-electron chi connectivity index (χ3n) is 5.29. The highest BCUT2D eigenvalue weighted by atomic mass is 16.7. The zero-order valence-electron chi connectivity index (χ0n) is 17.2. The van der Waals surface area contributed by atoms with Gasteiger partial charge < -0.3 is 25.0 Å². The van der Waals surface area contributed by atoms with E-state index in [0.717, 1.165) is 16.8 Å². The van der Waals surface area contributed by atoms with E-state index in [1.807, 2.05) is 54.6 Å². The number of benzene rings is 3. The number of benzodiazepines with no additional fused rings is 1. The Balaban J connectivity index is 1.45. The topological polar surface area (TPSA) is 92.3 Å². The van der Waals surface area contributed by atoms with Crippen LogP contribution in [0.2, 0.25) is 0 Å². The number of hydrogen-bond donors (Lipinski definition) is 2. The molecule has 3 amide bonds. The van der Waals surface area contributed by atoms with E-state index in [0.29, 0.717) is 22.9 Å². The number of rotatable bonds is 3. The minimum Gasteiger partial charge on any atom is -0.454 e. The number of fused-ring (bicyclic) bond motifs is 2. The molecule has 0 saturated heterocycles. The molecule has 0 aliphatic carbocycles. The lowest BCUT2D eigenvalue weighted by molar-refractivity contribution is -0.119. The van der Waals surface area contributed by atoms with Crippen LogP contribution in [0.25, 0.3) is 0 Å². The maximum absolute atomic E-state index is 13.2. The van der Waals surface area contributed by atoms with Crippen LogP contribution in [0.4, 0.5) is 16.2 Å². The number of urea groups is 1. The van der Waals surface area contributed by atoms with Gasteiger partial charge in [0.15, 0.2) is 11.5 Å². The summed E-state index contributed by atoms with van der Waals surface area (Å²) in [5, 5.41) is 5.41. The van der Waals surface area contributed by atoms with Crippen LogP contribution >= 0.6 is 0 Å². The Hall–Kier alpha value is -4.33. The maximum atomic E-state index is 13.2. The molecular weight excluding hydrogens is 408 g/mol. The summed E-state index contributed by atoms with van der Waals surface area (Å²) in [4.78, 5) is 32.1. The first-order chi connectivity index (χ1) is 15.6. The SMILES string of the molecule is CN1C(=O)[C@H](NC(=O)Nc2ccc3c(c2)OCO3)N=C(c2ccccc2)c2ccccc21. The minimum absolute atomic E-state index is 0.144. The summed E-state index contributed by atoms with van der Waals surface area (Å²) < 4.78 is 10.6. The molecule has 0 spiro atoms. The lowest BCUT2D eigenvalue weighted by Crippen LogP contribution is -2.47. The van der Waals surface area contributed by atoms with Crippen molar-refractivity contribution in [1.29, 1.82) is 0 Å². The van der Waals surface area contributed by atoms with Gasteiger partial charge >= 0.3 is 6.03 Å². The number of ether oxygens (including phenoxy) is 2. The first kappa shape index (κ1) is 19.6. The number of nitrogens with zero attached hydrogens (tertiary/aromatic N) is 2. The minimum atomic E-state index is -1.10. The third-order valence-corrected chi connectivity index (χ3v) is 5.29. The number of aliphatic imine (C=N–C) groups is 1. The van der Waals surface area contributed by atoms with Crippen molar-refractivity contribution in [3.63, 3.8) is 0 Å². The Morgan fingerprint density at radius 1 is 1.00 bits per heavy atom. The normalized spacial score (nSPS) is 16.7. The van der Waals surface area contributed by atoms with Crippen molar-refractivity contribution in [3.8, 4) is 11.5 Å². The number of carbonyl (C=O) groups is 2. The van der Waals surface area contributed by atoms with Crippen molar-refractivity contribution < 1.29 is 19.1 Å². The van der Waals surface area contributed by atoms with Crippen molar-refractivity contribution in [1.82, 2.24) is 5.32 Å². The van der Waals surface area contributed by atoms with Gasteiger partial charge in [0, 0.05) is 29.9 Å².